The second kappa shape index (κ2) is 7.82. The van der Waals surface area contributed by atoms with E-state index in [1.165, 1.54) is 20.3 Å². The quantitative estimate of drug-likeness (QED) is 0.807. The summed E-state index contributed by atoms with van der Waals surface area (Å²) in [5.74, 6) is -1.08. The molecule has 6 heteroatoms. The van der Waals surface area contributed by atoms with Crippen LogP contribution in [0.5, 0.6) is 11.5 Å². The summed E-state index contributed by atoms with van der Waals surface area (Å²) in [7, 11) is 2.96. The van der Waals surface area contributed by atoms with Gasteiger partial charge in [-0.05, 0) is 30.3 Å². The van der Waals surface area contributed by atoms with Crippen LogP contribution in [0.3, 0.4) is 0 Å². The fourth-order valence-corrected chi connectivity index (χ4v) is 2.02. The molecule has 0 saturated heterocycles. The van der Waals surface area contributed by atoms with Crippen molar-refractivity contribution < 1.29 is 24.2 Å². The molecule has 1 amide bonds. The second-order valence-electron chi connectivity index (χ2n) is 4.77. The van der Waals surface area contributed by atoms with Gasteiger partial charge >= 0.3 is 0 Å². The predicted molar refractivity (Wildman–Crippen MR) is 86.4 cm³/mol. The highest BCUT2D eigenvalue weighted by molar-refractivity contribution is 6.02. The Bertz CT molecular complexity index is 768. The number of carboxylic acid groups (broad SMARTS) is 1. The molecule has 1 N–H and O–H groups in total. The molecule has 124 valence electrons. The lowest BCUT2D eigenvalue weighted by Gasteiger charge is -2.13. The van der Waals surface area contributed by atoms with Crippen LogP contribution in [0.15, 0.2) is 54.2 Å². The van der Waals surface area contributed by atoms with E-state index in [1.54, 1.807) is 48.5 Å². The Hall–Kier alpha value is -3.28. The van der Waals surface area contributed by atoms with Gasteiger partial charge in [0.05, 0.1) is 25.9 Å². The van der Waals surface area contributed by atoms with Crippen LogP contribution in [-0.2, 0) is 4.79 Å². The Balaban J connectivity index is 2.32. The van der Waals surface area contributed by atoms with Gasteiger partial charge in [-0.25, -0.2) is 0 Å². The number of carboxylic acids is 1. The summed E-state index contributed by atoms with van der Waals surface area (Å²) in [4.78, 5) is 23.4. The van der Waals surface area contributed by atoms with Gasteiger partial charge in [0.25, 0.3) is 5.91 Å². The summed E-state index contributed by atoms with van der Waals surface area (Å²) in [5, 5.41) is 13.7. The highest BCUT2D eigenvalue weighted by Crippen LogP contribution is 2.26. The third-order valence-electron chi connectivity index (χ3n) is 3.24. The van der Waals surface area contributed by atoms with E-state index < -0.39 is 11.9 Å². The smallest absolute Gasteiger partial charge is 0.255 e. The van der Waals surface area contributed by atoms with Crippen LogP contribution in [-0.4, -0.2) is 26.1 Å². The van der Waals surface area contributed by atoms with Gasteiger partial charge in [-0.2, -0.15) is 0 Å². The van der Waals surface area contributed by atoms with Crippen LogP contribution < -0.4 is 19.9 Å². The highest BCUT2D eigenvalue weighted by atomic mass is 16.5. The van der Waals surface area contributed by atoms with Crippen molar-refractivity contribution in [2.45, 2.75) is 0 Å². The van der Waals surface area contributed by atoms with Crippen LogP contribution in [0.2, 0.25) is 0 Å². The maximum atomic E-state index is 12.1. The molecule has 0 bridgehead atoms. The van der Waals surface area contributed by atoms with Gasteiger partial charge < -0.3 is 24.7 Å². The molecule has 0 fully saturated rings. The summed E-state index contributed by atoms with van der Waals surface area (Å²) >= 11 is 0. The molecule has 0 aliphatic carbocycles. The first-order valence-corrected chi connectivity index (χ1v) is 7.06. The van der Waals surface area contributed by atoms with Gasteiger partial charge in [0.1, 0.15) is 11.5 Å². The van der Waals surface area contributed by atoms with E-state index in [9.17, 15) is 14.7 Å². The number of ether oxygens (including phenoxy) is 2. The normalized spacial score (nSPS) is 10.8. The van der Waals surface area contributed by atoms with Gasteiger partial charge in [-0.3, -0.25) is 4.79 Å². The van der Waals surface area contributed by atoms with E-state index in [0.29, 0.717) is 22.6 Å². The first kappa shape index (κ1) is 17.1. The summed E-state index contributed by atoms with van der Waals surface area (Å²) < 4.78 is 10.3. The van der Waals surface area contributed by atoms with E-state index in [0.717, 1.165) is 0 Å². The first-order chi connectivity index (χ1) is 11.5. The maximum Gasteiger partial charge on any atom is 0.255 e. The standard InChI is InChI=1S/C18H17NO5/c1-23-14-9-8-13(16(11-14)24-2)10-15(18(21)22)19-17(20)12-6-4-3-5-7-12/h3-11H,1-2H3,(H,19,20)(H,21,22)/p-1/b15-10-. The third-order valence-corrected chi connectivity index (χ3v) is 3.24. The third kappa shape index (κ3) is 4.13. The summed E-state index contributed by atoms with van der Waals surface area (Å²) in [6.07, 6.45) is 1.27. The van der Waals surface area contributed by atoms with Crippen molar-refractivity contribution >= 4 is 18.0 Å². The van der Waals surface area contributed by atoms with Crippen molar-refractivity contribution in [3.8, 4) is 11.5 Å². The van der Waals surface area contributed by atoms with Crippen molar-refractivity contribution in [2.24, 2.45) is 0 Å². The molecular weight excluding hydrogens is 310 g/mol. The summed E-state index contributed by atoms with van der Waals surface area (Å²) in [5.41, 5.74) is 0.435. The van der Waals surface area contributed by atoms with Gasteiger partial charge in [0.15, 0.2) is 0 Å². The van der Waals surface area contributed by atoms with Crippen molar-refractivity contribution in [2.75, 3.05) is 14.2 Å². The molecule has 24 heavy (non-hydrogen) atoms. The molecule has 0 radical (unpaired) electrons. The number of carbonyl (C=O) groups is 2. The minimum absolute atomic E-state index is 0.339. The Kier molecular flexibility index (Phi) is 5.57. The molecule has 0 heterocycles. The molecule has 2 rings (SSSR count). The fourth-order valence-electron chi connectivity index (χ4n) is 2.02. The monoisotopic (exact) mass is 326 g/mol. The average molecular weight is 326 g/mol. The Morgan fingerprint density at radius 2 is 1.75 bits per heavy atom. The van der Waals surface area contributed by atoms with Crippen LogP contribution in [0.25, 0.3) is 6.08 Å². The molecular formula is C18H16NO5-. The zero-order valence-electron chi connectivity index (χ0n) is 13.2. The lowest BCUT2D eigenvalue weighted by atomic mass is 10.1. The lowest BCUT2D eigenvalue weighted by Crippen LogP contribution is -2.35. The Morgan fingerprint density at radius 1 is 1.04 bits per heavy atom. The number of benzene rings is 2. The van der Waals surface area contributed by atoms with Crippen molar-refractivity contribution in [1.82, 2.24) is 5.32 Å². The van der Waals surface area contributed by atoms with Crippen LogP contribution in [0.1, 0.15) is 15.9 Å². The van der Waals surface area contributed by atoms with E-state index >= 15 is 0 Å². The van der Waals surface area contributed by atoms with Gasteiger partial charge in [-0.1, -0.05) is 18.2 Å². The predicted octanol–water partition coefficient (Wildman–Crippen LogP) is 1.22. The molecule has 0 spiro atoms. The summed E-state index contributed by atoms with van der Waals surface area (Å²) in [6, 6.07) is 13.2. The Morgan fingerprint density at radius 3 is 2.33 bits per heavy atom. The average Bonchev–Trinajstić information content (AvgIpc) is 2.61. The number of rotatable bonds is 6. The number of nitrogens with one attached hydrogen (secondary N) is 1. The van der Waals surface area contributed by atoms with Crippen molar-refractivity contribution in [1.29, 1.82) is 0 Å². The van der Waals surface area contributed by atoms with E-state index in [-0.39, 0.29) is 5.70 Å². The number of aliphatic carboxylic acids is 1. The van der Waals surface area contributed by atoms with Crippen LogP contribution >= 0.6 is 0 Å². The largest absolute Gasteiger partial charge is 0.543 e. The first-order valence-electron chi connectivity index (χ1n) is 7.06. The molecule has 0 saturated carbocycles. The fraction of sp³-hybridized carbons (Fsp3) is 0.111. The minimum Gasteiger partial charge on any atom is -0.543 e. The molecule has 0 aliphatic rings. The molecule has 0 aliphatic heterocycles. The van der Waals surface area contributed by atoms with Crippen LogP contribution in [0, 0.1) is 0 Å². The van der Waals surface area contributed by atoms with Crippen molar-refractivity contribution in [3.63, 3.8) is 0 Å². The number of hydrogen-bond acceptors (Lipinski definition) is 5. The SMILES string of the molecule is COc1ccc(/C=C(\NC(=O)c2ccccc2)C(=O)[O-])c(OC)c1. The highest BCUT2D eigenvalue weighted by Gasteiger charge is 2.10. The topological polar surface area (TPSA) is 87.7 Å². The van der Waals surface area contributed by atoms with E-state index in [4.69, 9.17) is 9.47 Å². The van der Waals surface area contributed by atoms with E-state index in [1.807, 2.05) is 0 Å². The molecule has 2 aromatic rings. The zero-order chi connectivity index (χ0) is 17.5. The van der Waals surface area contributed by atoms with Crippen molar-refractivity contribution in [3.05, 3.63) is 65.4 Å². The van der Waals surface area contributed by atoms with Gasteiger partial charge in [0.2, 0.25) is 0 Å². The van der Waals surface area contributed by atoms with E-state index in [2.05, 4.69) is 5.32 Å². The lowest BCUT2D eigenvalue weighted by molar-refractivity contribution is -0.299. The molecule has 0 atom stereocenters. The number of amides is 1. The number of carbonyl (C=O) groups excluding carboxylic acids is 2. The number of methoxy groups -OCH3 is 2. The molecule has 2 aromatic carbocycles. The second-order valence-corrected chi connectivity index (χ2v) is 4.77. The molecule has 0 unspecified atom stereocenters. The van der Waals surface area contributed by atoms with Crippen LogP contribution in [0.4, 0.5) is 0 Å². The molecule has 6 nitrogen and oxygen atoms in total. The summed E-state index contributed by atoms with van der Waals surface area (Å²) in [6.45, 7) is 0. The maximum absolute atomic E-state index is 12.1. The Labute approximate surface area is 139 Å². The number of hydrogen-bond donors (Lipinski definition) is 1. The minimum atomic E-state index is -1.50. The zero-order valence-corrected chi connectivity index (χ0v) is 13.2. The van der Waals surface area contributed by atoms with Gasteiger partial charge in [-0.15, -0.1) is 0 Å². The van der Waals surface area contributed by atoms with Gasteiger partial charge in [0, 0.05) is 17.2 Å². The molecule has 0 aromatic heterocycles.